The summed E-state index contributed by atoms with van der Waals surface area (Å²) in [6.45, 7) is 3.67. The molecule has 6 nitrogen and oxygen atoms in total. The summed E-state index contributed by atoms with van der Waals surface area (Å²) in [6, 6.07) is 12.6. The van der Waals surface area contributed by atoms with Crippen molar-refractivity contribution in [3.05, 3.63) is 75.8 Å². The molecule has 0 aliphatic rings. The number of rotatable bonds is 6. The van der Waals surface area contributed by atoms with Gasteiger partial charge in [0.25, 0.3) is 5.56 Å². The van der Waals surface area contributed by atoms with E-state index in [0.717, 1.165) is 12.0 Å². The van der Waals surface area contributed by atoms with Gasteiger partial charge in [-0.15, -0.1) is 0 Å². The highest BCUT2D eigenvalue weighted by atomic mass is 16.6. The van der Waals surface area contributed by atoms with Crippen molar-refractivity contribution in [3.8, 4) is 5.75 Å². The Morgan fingerprint density at radius 3 is 2.69 bits per heavy atom. The molecule has 0 aliphatic heterocycles. The second-order valence-electron chi connectivity index (χ2n) is 5.92. The minimum atomic E-state index is -0.517. The van der Waals surface area contributed by atoms with Gasteiger partial charge in [0.05, 0.1) is 5.69 Å². The summed E-state index contributed by atoms with van der Waals surface area (Å²) in [5.41, 5.74) is 2.82. The standard InChI is InChI=1S/C20H20N2O4/c1-3-15-6-8-17(9-7-15)25-13-19(24)26-12-16-11-18(23)22-10-4-5-14(2)20(22)21-16/h4-11H,3,12-13H2,1-2H3. The van der Waals surface area contributed by atoms with Crippen LogP contribution in [0.1, 0.15) is 23.7 Å². The monoisotopic (exact) mass is 352 g/mol. The Morgan fingerprint density at radius 2 is 1.96 bits per heavy atom. The van der Waals surface area contributed by atoms with Gasteiger partial charge in [0.2, 0.25) is 0 Å². The summed E-state index contributed by atoms with van der Waals surface area (Å²) >= 11 is 0. The van der Waals surface area contributed by atoms with Crippen LogP contribution in [0, 0.1) is 6.92 Å². The third-order valence-corrected chi connectivity index (χ3v) is 4.01. The molecule has 6 heteroatoms. The van der Waals surface area contributed by atoms with Crippen molar-refractivity contribution in [2.75, 3.05) is 6.61 Å². The van der Waals surface area contributed by atoms with Crippen molar-refractivity contribution in [2.45, 2.75) is 26.9 Å². The van der Waals surface area contributed by atoms with Crippen molar-refractivity contribution in [1.29, 1.82) is 0 Å². The highest BCUT2D eigenvalue weighted by molar-refractivity contribution is 5.71. The van der Waals surface area contributed by atoms with Crippen molar-refractivity contribution in [3.63, 3.8) is 0 Å². The van der Waals surface area contributed by atoms with Crippen LogP contribution < -0.4 is 10.3 Å². The molecule has 3 aromatic rings. The number of ether oxygens (including phenoxy) is 2. The number of aryl methyl sites for hydroxylation is 2. The first-order valence-electron chi connectivity index (χ1n) is 8.42. The summed E-state index contributed by atoms with van der Waals surface area (Å²) in [5, 5.41) is 0. The van der Waals surface area contributed by atoms with E-state index in [9.17, 15) is 9.59 Å². The van der Waals surface area contributed by atoms with Crippen molar-refractivity contribution >= 4 is 11.6 Å². The molecule has 0 bridgehead atoms. The molecule has 2 aromatic heterocycles. The van der Waals surface area contributed by atoms with Crippen LogP contribution in [0.4, 0.5) is 0 Å². The lowest BCUT2D eigenvalue weighted by Gasteiger charge is -2.08. The smallest absolute Gasteiger partial charge is 0.344 e. The van der Waals surface area contributed by atoms with Gasteiger partial charge in [-0.2, -0.15) is 0 Å². The number of fused-ring (bicyclic) bond motifs is 1. The topological polar surface area (TPSA) is 69.9 Å². The number of aromatic nitrogens is 2. The first-order chi connectivity index (χ1) is 12.6. The predicted molar refractivity (Wildman–Crippen MR) is 97.3 cm³/mol. The molecule has 0 saturated carbocycles. The molecular weight excluding hydrogens is 332 g/mol. The van der Waals surface area contributed by atoms with Gasteiger partial charge in [0.1, 0.15) is 18.0 Å². The van der Waals surface area contributed by atoms with E-state index in [0.29, 0.717) is 17.1 Å². The Morgan fingerprint density at radius 1 is 1.19 bits per heavy atom. The number of nitrogens with zero attached hydrogens (tertiary/aromatic N) is 2. The minimum Gasteiger partial charge on any atom is -0.482 e. The lowest BCUT2D eigenvalue weighted by molar-refractivity contribution is -0.147. The van der Waals surface area contributed by atoms with E-state index >= 15 is 0 Å². The number of pyridine rings is 1. The summed E-state index contributed by atoms with van der Waals surface area (Å²) in [5.74, 6) is 0.0909. The Labute approximate surface area is 151 Å². The molecule has 0 spiro atoms. The third-order valence-electron chi connectivity index (χ3n) is 4.01. The van der Waals surface area contributed by atoms with Gasteiger partial charge in [0.15, 0.2) is 6.61 Å². The quantitative estimate of drug-likeness (QED) is 0.638. The first-order valence-corrected chi connectivity index (χ1v) is 8.42. The second-order valence-corrected chi connectivity index (χ2v) is 5.92. The molecule has 0 atom stereocenters. The summed E-state index contributed by atoms with van der Waals surface area (Å²) in [4.78, 5) is 28.4. The van der Waals surface area contributed by atoms with Gasteiger partial charge in [-0.25, -0.2) is 9.78 Å². The zero-order valence-electron chi connectivity index (χ0n) is 14.8. The zero-order valence-corrected chi connectivity index (χ0v) is 14.8. The van der Waals surface area contributed by atoms with Crippen LogP contribution in [0.3, 0.4) is 0 Å². The molecule has 2 heterocycles. The first kappa shape index (κ1) is 17.7. The van der Waals surface area contributed by atoms with E-state index in [2.05, 4.69) is 11.9 Å². The number of carbonyl (C=O) groups is 1. The van der Waals surface area contributed by atoms with E-state index in [1.807, 2.05) is 37.3 Å². The molecule has 26 heavy (non-hydrogen) atoms. The molecule has 134 valence electrons. The second kappa shape index (κ2) is 7.82. The molecule has 0 radical (unpaired) electrons. The van der Waals surface area contributed by atoms with E-state index in [4.69, 9.17) is 9.47 Å². The Bertz CT molecular complexity index is 977. The molecule has 0 aliphatic carbocycles. The van der Waals surface area contributed by atoms with Crippen LogP contribution in [0.15, 0.2) is 53.5 Å². The maximum atomic E-state index is 12.1. The van der Waals surface area contributed by atoms with Gasteiger partial charge in [-0.3, -0.25) is 9.20 Å². The number of carbonyl (C=O) groups excluding carboxylic acids is 1. The van der Waals surface area contributed by atoms with E-state index < -0.39 is 5.97 Å². The van der Waals surface area contributed by atoms with Gasteiger partial charge in [-0.05, 0) is 42.7 Å². The van der Waals surface area contributed by atoms with Gasteiger partial charge in [-0.1, -0.05) is 25.1 Å². The lowest BCUT2D eigenvalue weighted by Crippen LogP contribution is -2.19. The van der Waals surface area contributed by atoms with Crippen LogP contribution >= 0.6 is 0 Å². The average Bonchev–Trinajstić information content (AvgIpc) is 2.66. The molecule has 0 N–H and O–H groups in total. The maximum Gasteiger partial charge on any atom is 0.344 e. The van der Waals surface area contributed by atoms with Gasteiger partial charge < -0.3 is 9.47 Å². The van der Waals surface area contributed by atoms with Crippen LogP contribution in [0.25, 0.3) is 5.65 Å². The van der Waals surface area contributed by atoms with Gasteiger partial charge in [0, 0.05) is 12.3 Å². The number of benzene rings is 1. The number of hydrogen-bond donors (Lipinski definition) is 0. The molecule has 0 unspecified atom stereocenters. The third kappa shape index (κ3) is 4.08. The van der Waals surface area contributed by atoms with Crippen LogP contribution in [-0.2, 0) is 22.6 Å². The van der Waals surface area contributed by atoms with Crippen molar-refractivity contribution in [2.24, 2.45) is 0 Å². The summed E-state index contributed by atoms with van der Waals surface area (Å²) in [6.07, 6.45) is 2.60. The molecule has 0 fully saturated rings. The van der Waals surface area contributed by atoms with Crippen LogP contribution in [-0.4, -0.2) is 22.0 Å². The lowest BCUT2D eigenvalue weighted by atomic mass is 10.2. The molecular formula is C20H20N2O4. The molecule has 3 rings (SSSR count). The minimum absolute atomic E-state index is 0.0724. The predicted octanol–water partition coefficient (Wildman–Crippen LogP) is 2.69. The summed E-state index contributed by atoms with van der Waals surface area (Å²) < 4.78 is 12.0. The zero-order chi connectivity index (χ0) is 18.5. The van der Waals surface area contributed by atoms with E-state index in [1.54, 1.807) is 12.3 Å². The number of hydrogen-bond acceptors (Lipinski definition) is 5. The van der Waals surface area contributed by atoms with Crippen molar-refractivity contribution < 1.29 is 14.3 Å². The van der Waals surface area contributed by atoms with Crippen molar-refractivity contribution in [1.82, 2.24) is 9.38 Å². The average molecular weight is 352 g/mol. The van der Waals surface area contributed by atoms with Crippen LogP contribution in [0.2, 0.25) is 0 Å². The number of esters is 1. The Balaban J connectivity index is 1.59. The molecule has 0 amide bonds. The molecule has 1 aromatic carbocycles. The molecule has 0 saturated heterocycles. The fourth-order valence-electron chi connectivity index (χ4n) is 2.54. The Hall–Kier alpha value is -3.15. The maximum absolute atomic E-state index is 12.1. The van der Waals surface area contributed by atoms with E-state index in [1.165, 1.54) is 16.0 Å². The highest BCUT2D eigenvalue weighted by Crippen LogP contribution is 2.12. The normalized spacial score (nSPS) is 10.7. The fraction of sp³-hybridized carbons (Fsp3) is 0.250. The SMILES string of the molecule is CCc1ccc(OCC(=O)OCc2cc(=O)n3cccc(C)c3n2)cc1. The highest BCUT2D eigenvalue weighted by Gasteiger charge is 2.09. The fourth-order valence-corrected chi connectivity index (χ4v) is 2.54. The largest absolute Gasteiger partial charge is 0.482 e. The van der Waals surface area contributed by atoms with Gasteiger partial charge >= 0.3 is 5.97 Å². The Kier molecular flexibility index (Phi) is 5.31. The van der Waals surface area contributed by atoms with E-state index in [-0.39, 0.29) is 18.8 Å². The summed E-state index contributed by atoms with van der Waals surface area (Å²) in [7, 11) is 0. The van der Waals surface area contributed by atoms with Crippen LogP contribution in [0.5, 0.6) is 5.75 Å².